The maximum Gasteiger partial charge on any atom is 0.213 e. The van der Waals surface area contributed by atoms with Gasteiger partial charge < -0.3 is 15.6 Å². The van der Waals surface area contributed by atoms with E-state index in [0.717, 1.165) is 0 Å². The Kier molecular flexibility index (Phi) is 2.68. The van der Waals surface area contributed by atoms with Gasteiger partial charge >= 0.3 is 0 Å². The van der Waals surface area contributed by atoms with Gasteiger partial charge in [-0.2, -0.15) is 4.98 Å². The Balaban J connectivity index is 2.05. The summed E-state index contributed by atoms with van der Waals surface area (Å²) in [5.41, 5.74) is 6.14. The maximum atomic E-state index is 5.73. The van der Waals surface area contributed by atoms with Gasteiger partial charge in [0.1, 0.15) is 11.0 Å². The Bertz CT molecular complexity index is 424. The third-order valence-corrected chi connectivity index (χ3v) is 1.84. The van der Waals surface area contributed by atoms with Crippen molar-refractivity contribution in [2.24, 2.45) is 0 Å². The molecule has 2 heterocycles. The van der Waals surface area contributed by atoms with E-state index in [0.29, 0.717) is 29.0 Å². The highest BCUT2D eigenvalue weighted by Crippen LogP contribution is 2.15. The predicted octanol–water partition coefficient (Wildman–Crippen LogP) is 1.31. The Labute approximate surface area is 90.5 Å². The van der Waals surface area contributed by atoms with Crippen LogP contribution >= 0.6 is 11.6 Å². The molecule has 0 saturated heterocycles. The summed E-state index contributed by atoms with van der Waals surface area (Å²) >= 11 is 5.73. The number of pyridine rings is 1. The quantitative estimate of drug-likeness (QED) is 0.766. The molecule has 3 N–H and O–H groups in total. The fraction of sp³-hybridized carbons (Fsp3) is 0.125. The van der Waals surface area contributed by atoms with Crippen LogP contribution in [0.4, 0.5) is 11.5 Å². The van der Waals surface area contributed by atoms with Crippen molar-refractivity contribution in [1.29, 1.82) is 0 Å². The minimum Gasteiger partial charge on any atom is -0.399 e. The average Bonchev–Trinajstić information content (AvgIpc) is 2.65. The fourth-order valence-electron chi connectivity index (χ4n) is 1.05. The normalized spacial score (nSPS) is 10.2. The number of hydrogen-bond acceptors (Lipinski definition) is 6. The Morgan fingerprint density at radius 3 is 3.00 bits per heavy atom. The number of nitrogens with one attached hydrogen (secondary N) is 1. The van der Waals surface area contributed by atoms with Gasteiger partial charge in [-0.1, -0.05) is 16.8 Å². The molecule has 0 saturated carbocycles. The van der Waals surface area contributed by atoms with Crippen molar-refractivity contribution in [3.05, 3.63) is 29.5 Å². The lowest BCUT2D eigenvalue weighted by atomic mass is 10.4. The van der Waals surface area contributed by atoms with Crippen molar-refractivity contribution in [2.45, 2.75) is 6.54 Å². The van der Waals surface area contributed by atoms with E-state index in [4.69, 9.17) is 17.3 Å². The van der Waals surface area contributed by atoms with Gasteiger partial charge in [-0.15, -0.1) is 0 Å². The molecular formula is C8H8ClN5O. The van der Waals surface area contributed by atoms with Crippen molar-refractivity contribution in [1.82, 2.24) is 15.1 Å². The van der Waals surface area contributed by atoms with Gasteiger partial charge in [-0.25, -0.2) is 4.98 Å². The maximum absolute atomic E-state index is 5.73. The van der Waals surface area contributed by atoms with Crippen LogP contribution in [0.3, 0.4) is 0 Å². The van der Waals surface area contributed by atoms with Crippen LogP contribution in [0.2, 0.25) is 5.15 Å². The van der Waals surface area contributed by atoms with Crippen LogP contribution in [0.1, 0.15) is 5.82 Å². The number of anilines is 2. The molecule has 2 aromatic rings. The van der Waals surface area contributed by atoms with Crippen molar-refractivity contribution in [2.75, 3.05) is 11.1 Å². The zero-order chi connectivity index (χ0) is 10.7. The monoisotopic (exact) mass is 225 g/mol. The molecule has 0 radical (unpaired) electrons. The molecule has 0 spiro atoms. The molecule has 0 aliphatic carbocycles. The van der Waals surface area contributed by atoms with Crippen LogP contribution in [-0.2, 0) is 6.54 Å². The number of halogens is 1. The molecular weight excluding hydrogens is 218 g/mol. The topological polar surface area (TPSA) is 89.9 Å². The lowest BCUT2D eigenvalue weighted by Crippen LogP contribution is -2.03. The number of aromatic nitrogens is 3. The molecule has 0 fully saturated rings. The smallest absolute Gasteiger partial charge is 0.213 e. The number of hydrogen-bond donors (Lipinski definition) is 2. The Morgan fingerprint density at radius 2 is 2.33 bits per heavy atom. The van der Waals surface area contributed by atoms with Crippen LogP contribution in [-0.4, -0.2) is 15.1 Å². The molecule has 0 aromatic carbocycles. The van der Waals surface area contributed by atoms with Crippen LogP contribution < -0.4 is 11.1 Å². The summed E-state index contributed by atoms with van der Waals surface area (Å²) < 4.78 is 4.58. The van der Waals surface area contributed by atoms with Crippen molar-refractivity contribution < 1.29 is 4.52 Å². The van der Waals surface area contributed by atoms with Crippen molar-refractivity contribution in [3.63, 3.8) is 0 Å². The summed E-state index contributed by atoms with van der Waals surface area (Å²) in [6.07, 6.45) is 1.26. The molecule has 2 rings (SSSR count). The van der Waals surface area contributed by atoms with Gasteiger partial charge in [0.05, 0.1) is 6.54 Å². The Hall–Kier alpha value is -1.82. The molecule has 0 atom stereocenters. The second-order valence-electron chi connectivity index (χ2n) is 2.81. The van der Waals surface area contributed by atoms with Gasteiger partial charge in [0.2, 0.25) is 6.39 Å². The zero-order valence-electron chi connectivity index (χ0n) is 7.64. The first-order chi connectivity index (χ1) is 7.24. The van der Waals surface area contributed by atoms with Crippen LogP contribution in [0.25, 0.3) is 0 Å². The third-order valence-electron chi connectivity index (χ3n) is 1.65. The minimum atomic E-state index is 0.339. The van der Waals surface area contributed by atoms with Crippen LogP contribution in [0.15, 0.2) is 23.0 Å². The Morgan fingerprint density at radius 1 is 1.47 bits per heavy atom. The predicted molar refractivity (Wildman–Crippen MR) is 55.3 cm³/mol. The van der Waals surface area contributed by atoms with Gasteiger partial charge in [0.25, 0.3) is 0 Å². The molecule has 78 valence electrons. The molecule has 0 aliphatic rings. The van der Waals surface area contributed by atoms with E-state index in [1.165, 1.54) is 6.39 Å². The van der Waals surface area contributed by atoms with E-state index < -0.39 is 0 Å². The lowest BCUT2D eigenvalue weighted by Gasteiger charge is -2.03. The summed E-state index contributed by atoms with van der Waals surface area (Å²) in [5, 5.41) is 6.94. The minimum absolute atomic E-state index is 0.339. The highest BCUT2D eigenvalue weighted by Gasteiger charge is 2.01. The first kappa shape index (κ1) is 9.72. The molecule has 7 heteroatoms. The van der Waals surface area contributed by atoms with Crippen molar-refractivity contribution in [3.8, 4) is 0 Å². The van der Waals surface area contributed by atoms with E-state index in [9.17, 15) is 0 Å². The molecule has 2 aromatic heterocycles. The molecule has 0 unspecified atom stereocenters. The fourth-order valence-corrected chi connectivity index (χ4v) is 1.26. The van der Waals surface area contributed by atoms with E-state index in [-0.39, 0.29) is 0 Å². The number of nitrogens with zero attached hydrogens (tertiary/aromatic N) is 3. The standard InChI is InChI=1S/C8H8ClN5O/c9-6-1-5(10)2-7(13-6)11-3-8-12-4-15-14-8/h1-2,4H,3H2,(H3,10,11,13). The largest absolute Gasteiger partial charge is 0.399 e. The second kappa shape index (κ2) is 4.14. The lowest BCUT2D eigenvalue weighted by molar-refractivity contribution is 0.411. The molecule has 6 nitrogen and oxygen atoms in total. The zero-order valence-corrected chi connectivity index (χ0v) is 8.40. The van der Waals surface area contributed by atoms with E-state index in [2.05, 4.69) is 25.0 Å². The second-order valence-corrected chi connectivity index (χ2v) is 3.20. The summed E-state index contributed by atoms with van der Waals surface area (Å²) in [7, 11) is 0. The number of nitrogens with two attached hydrogens (primary N) is 1. The van der Waals surface area contributed by atoms with Gasteiger partial charge in [0.15, 0.2) is 5.82 Å². The summed E-state index contributed by atoms with van der Waals surface area (Å²) in [4.78, 5) is 7.87. The number of rotatable bonds is 3. The summed E-state index contributed by atoms with van der Waals surface area (Å²) in [6, 6.07) is 3.24. The third kappa shape index (κ3) is 2.57. The van der Waals surface area contributed by atoms with Crippen molar-refractivity contribution >= 4 is 23.1 Å². The first-order valence-electron chi connectivity index (χ1n) is 4.16. The van der Waals surface area contributed by atoms with Gasteiger partial charge in [0, 0.05) is 11.8 Å². The highest BCUT2D eigenvalue weighted by atomic mass is 35.5. The average molecular weight is 226 g/mol. The molecule has 15 heavy (non-hydrogen) atoms. The van der Waals surface area contributed by atoms with Gasteiger partial charge in [-0.3, -0.25) is 0 Å². The first-order valence-corrected chi connectivity index (χ1v) is 4.54. The van der Waals surface area contributed by atoms with E-state index in [1.54, 1.807) is 12.1 Å². The van der Waals surface area contributed by atoms with E-state index in [1.807, 2.05) is 0 Å². The van der Waals surface area contributed by atoms with E-state index >= 15 is 0 Å². The molecule has 0 aliphatic heterocycles. The van der Waals surface area contributed by atoms with Crippen LogP contribution in [0.5, 0.6) is 0 Å². The highest BCUT2D eigenvalue weighted by molar-refractivity contribution is 6.29. The molecule has 0 amide bonds. The SMILES string of the molecule is Nc1cc(Cl)nc(NCc2ncon2)c1. The molecule has 0 bridgehead atoms. The van der Waals surface area contributed by atoms with Crippen LogP contribution in [0, 0.1) is 0 Å². The van der Waals surface area contributed by atoms with Gasteiger partial charge in [-0.05, 0) is 6.07 Å². The summed E-state index contributed by atoms with van der Waals surface area (Å²) in [6.45, 7) is 0.406. The number of nitrogen functional groups attached to an aromatic ring is 1. The summed E-state index contributed by atoms with van der Waals surface area (Å²) in [5.74, 6) is 1.11.